The Morgan fingerprint density at radius 1 is 1.57 bits per heavy atom. The Kier molecular flexibility index (Phi) is 3.04. The smallest absolute Gasteiger partial charge is 0.209 e. The normalized spacial score (nSPS) is 28.1. The molecule has 1 aliphatic rings. The molecule has 0 amide bonds. The lowest BCUT2D eigenvalue weighted by atomic mass is 9.96. The second-order valence-corrected chi connectivity index (χ2v) is 5.85. The minimum Gasteiger partial charge on any atom is -0.391 e. The van der Waals surface area contributed by atoms with Crippen molar-refractivity contribution >= 4 is 32.4 Å². The van der Waals surface area contributed by atoms with E-state index in [0.29, 0.717) is 12.5 Å². The molecule has 0 radical (unpaired) electrons. The predicted molar refractivity (Wildman–Crippen MR) is 59.6 cm³/mol. The van der Waals surface area contributed by atoms with Gasteiger partial charge in [0.1, 0.15) is 0 Å². The van der Waals surface area contributed by atoms with Gasteiger partial charge in [-0.15, -0.1) is 10.2 Å². The number of halogens is 1. The van der Waals surface area contributed by atoms with E-state index in [-0.39, 0.29) is 6.10 Å². The Balaban J connectivity index is 2.06. The van der Waals surface area contributed by atoms with Crippen LogP contribution in [0.2, 0.25) is 0 Å². The number of hydrogen-bond donors (Lipinski definition) is 1. The van der Waals surface area contributed by atoms with Gasteiger partial charge in [-0.3, -0.25) is 0 Å². The molecule has 0 aromatic carbocycles. The summed E-state index contributed by atoms with van der Waals surface area (Å²) >= 11 is 4.79. The minimum absolute atomic E-state index is 0.244. The van der Waals surface area contributed by atoms with Gasteiger partial charge in [-0.1, -0.05) is 18.3 Å². The molecule has 2 atom stereocenters. The Hall–Kier alpha value is -0.200. The van der Waals surface area contributed by atoms with Gasteiger partial charge in [0.05, 0.1) is 6.10 Å². The molecule has 14 heavy (non-hydrogen) atoms. The maximum Gasteiger partial charge on any atom is 0.209 e. The Morgan fingerprint density at radius 3 is 2.93 bits per heavy atom. The molecular weight excluding hydrogens is 266 g/mol. The zero-order valence-electron chi connectivity index (χ0n) is 7.85. The summed E-state index contributed by atoms with van der Waals surface area (Å²) in [5.74, 6) is 0.391. The Morgan fingerprint density at radius 2 is 2.36 bits per heavy atom. The zero-order valence-corrected chi connectivity index (χ0v) is 10.3. The lowest BCUT2D eigenvalue weighted by molar-refractivity contribution is 0.103. The van der Waals surface area contributed by atoms with Crippen molar-refractivity contribution in [3.8, 4) is 0 Å². The highest BCUT2D eigenvalue weighted by Crippen LogP contribution is 2.28. The molecule has 0 saturated carbocycles. The fourth-order valence-electron chi connectivity index (χ4n) is 1.55. The van der Waals surface area contributed by atoms with Gasteiger partial charge in [0.25, 0.3) is 0 Å². The summed E-state index contributed by atoms with van der Waals surface area (Å²) in [5.41, 5.74) is 0. The molecule has 1 aromatic rings. The van der Waals surface area contributed by atoms with Crippen LogP contribution in [0.25, 0.3) is 0 Å². The van der Waals surface area contributed by atoms with Crippen molar-refractivity contribution in [2.45, 2.75) is 19.4 Å². The predicted octanol–water partition coefficient (Wildman–Crippen LogP) is 1.51. The summed E-state index contributed by atoms with van der Waals surface area (Å²) < 4.78 is 0.792. The summed E-state index contributed by atoms with van der Waals surface area (Å²) in [7, 11) is 0. The van der Waals surface area contributed by atoms with Crippen LogP contribution in [0, 0.1) is 5.92 Å². The first-order valence-electron chi connectivity index (χ1n) is 4.59. The van der Waals surface area contributed by atoms with E-state index in [1.165, 1.54) is 11.3 Å². The number of rotatable bonds is 1. The fourth-order valence-corrected chi connectivity index (χ4v) is 2.67. The fraction of sp³-hybridized carbons (Fsp3) is 0.750. The molecule has 4 nitrogen and oxygen atoms in total. The highest BCUT2D eigenvalue weighted by molar-refractivity contribution is 9.11. The number of piperidine rings is 1. The van der Waals surface area contributed by atoms with E-state index in [0.717, 1.165) is 22.0 Å². The van der Waals surface area contributed by atoms with Crippen molar-refractivity contribution in [3.05, 3.63) is 3.92 Å². The van der Waals surface area contributed by atoms with Gasteiger partial charge in [-0.05, 0) is 28.3 Å². The van der Waals surface area contributed by atoms with Crippen LogP contribution in [-0.2, 0) is 0 Å². The summed E-state index contributed by atoms with van der Waals surface area (Å²) in [4.78, 5) is 2.09. The number of nitrogens with zero attached hydrogens (tertiary/aromatic N) is 3. The lowest BCUT2D eigenvalue weighted by Gasteiger charge is -2.33. The number of aromatic nitrogens is 2. The van der Waals surface area contributed by atoms with Crippen LogP contribution in [0.3, 0.4) is 0 Å². The van der Waals surface area contributed by atoms with Gasteiger partial charge in [-0.2, -0.15) is 0 Å². The summed E-state index contributed by atoms with van der Waals surface area (Å²) in [6, 6.07) is 0. The van der Waals surface area contributed by atoms with E-state index in [9.17, 15) is 5.11 Å². The molecule has 6 heteroatoms. The summed E-state index contributed by atoms with van der Waals surface area (Å²) in [5, 5.41) is 18.5. The van der Waals surface area contributed by atoms with Gasteiger partial charge < -0.3 is 10.0 Å². The van der Waals surface area contributed by atoms with Crippen LogP contribution < -0.4 is 4.90 Å². The van der Waals surface area contributed by atoms with E-state index >= 15 is 0 Å². The molecule has 1 aromatic heterocycles. The molecule has 2 unspecified atom stereocenters. The average Bonchev–Trinajstić information content (AvgIpc) is 2.57. The zero-order chi connectivity index (χ0) is 10.1. The van der Waals surface area contributed by atoms with E-state index in [2.05, 4.69) is 38.0 Å². The third kappa shape index (κ3) is 2.07. The maximum absolute atomic E-state index is 9.72. The summed E-state index contributed by atoms with van der Waals surface area (Å²) in [6.07, 6.45) is 0.768. The molecule has 1 saturated heterocycles. The third-order valence-electron chi connectivity index (χ3n) is 2.58. The second kappa shape index (κ2) is 4.12. The van der Waals surface area contributed by atoms with Crippen LogP contribution in [0.15, 0.2) is 3.92 Å². The van der Waals surface area contributed by atoms with Gasteiger partial charge in [0.2, 0.25) is 5.13 Å². The SMILES string of the molecule is CC1CCN(c2nnc(Br)s2)CC1O. The molecule has 0 spiro atoms. The van der Waals surface area contributed by atoms with Gasteiger partial charge in [0.15, 0.2) is 3.92 Å². The number of aliphatic hydroxyl groups is 1. The standard InChI is InChI=1S/C8H12BrN3OS/c1-5-2-3-12(4-6(5)13)8-11-10-7(9)14-8/h5-6,13H,2-4H2,1H3. The van der Waals surface area contributed by atoms with Crippen LogP contribution in [-0.4, -0.2) is 34.5 Å². The summed E-state index contributed by atoms with van der Waals surface area (Å²) in [6.45, 7) is 3.71. The van der Waals surface area contributed by atoms with Crippen molar-refractivity contribution in [3.63, 3.8) is 0 Å². The quantitative estimate of drug-likeness (QED) is 0.846. The van der Waals surface area contributed by atoms with Crippen molar-refractivity contribution in [2.75, 3.05) is 18.0 Å². The monoisotopic (exact) mass is 277 g/mol. The minimum atomic E-state index is -0.244. The van der Waals surface area contributed by atoms with Gasteiger partial charge in [-0.25, -0.2) is 0 Å². The van der Waals surface area contributed by atoms with Gasteiger partial charge >= 0.3 is 0 Å². The number of anilines is 1. The van der Waals surface area contributed by atoms with Gasteiger partial charge in [0, 0.05) is 13.1 Å². The van der Waals surface area contributed by atoms with E-state index < -0.39 is 0 Å². The first-order chi connectivity index (χ1) is 6.66. The molecule has 0 bridgehead atoms. The molecular formula is C8H12BrN3OS. The first-order valence-corrected chi connectivity index (χ1v) is 6.20. The first kappa shape index (κ1) is 10.3. The van der Waals surface area contributed by atoms with E-state index in [4.69, 9.17) is 0 Å². The van der Waals surface area contributed by atoms with Crippen molar-refractivity contribution in [1.82, 2.24) is 10.2 Å². The molecule has 2 rings (SSSR count). The molecule has 78 valence electrons. The maximum atomic E-state index is 9.72. The molecule has 1 fully saturated rings. The molecule has 1 N–H and O–H groups in total. The lowest BCUT2D eigenvalue weighted by Crippen LogP contribution is -2.42. The topological polar surface area (TPSA) is 49.2 Å². The van der Waals surface area contributed by atoms with Crippen molar-refractivity contribution in [1.29, 1.82) is 0 Å². The average molecular weight is 278 g/mol. The van der Waals surface area contributed by atoms with E-state index in [1.54, 1.807) is 0 Å². The Bertz CT molecular complexity index is 319. The van der Waals surface area contributed by atoms with Crippen LogP contribution in [0.5, 0.6) is 0 Å². The highest BCUT2D eigenvalue weighted by atomic mass is 79.9. The van der Waals surface area contributed by atoms with Crippen LogP contribution in [0.1, 0.15) is 13.3 Å². The van der Waals surface area contributed by atoms with Crippen LogP contribution >= 0.6 is 27.3 Å². The Labute approximate surface area is 95.1 Å². The number of aliphatic hydroxyl groups excluding tert-OH is 1. The largest absolute Gasteiger partial charge is 0.391 e. The molecule has 1 aliphatic heterocycles. The van der Waals surface area contributed by atoms with Crippen molar-refractivity contribution < 1.29 is 5.11 Å². The third-order valence-corrected chi connectivity index (χ3v) is 4.00. The molecule has 0 aliphatic carbocycles. The second-order valence-electron chi connectivity index (χ2n) is 3.62. The van der Waals surface area contributed by atoms with Crippen LogP contribution in [0.4, 0.5) is 5.13 Å². The number of hydrogen-bond acceptors (Lipinski definition) is 5. The highest BCUT2D eigenvalue weighted by Gasteiger charge is 2.25. The number of β-amino-alcohol motifs (C(OH)–C–C–N with tert-alkyl or cyclic N) is 1. The van der Waals surface area contributed by atoms with Crippen molar-refractivity contribution in [2.24, 2.45) is 5.92 Å². The van der Waals surface area contributed by atoms with E-state index in [1.807, 2.05) is 0 Å². The molecule has 2 heterocycles.